The monoisotopic (exact) mass is 293 g/mol. The second kappa shape index (κ2) is 8.26. The van der Waals surface area contributed by atoms with Crippen molar-refractivity contribution < 1.29 is 14.3 Å². The van der Waals surface area contributed by atoms with Crippen LogP contribution in [0.3, 0.4) is 0 Å². The van der Waals surface area contributed by atoms with Crippen molar-refractivity contribution in [2.24, 2.45) is 5.73 Å². The summed E-state index contributed by atoms with van der Waals surface area (Å²) in [6.45, 7) is 5.76. The third-order valence-electron chi connectivity index (χ3n) is 2.74. The summed E-state index contributed by atoms with van der Waals surface area (Å²) >= 11 is 0. The summed E-state index contributed by atoms with van der Waals surface area (Å²) in [6.07, 6.45) is 0.0277. The molecule has 0 aliphatic carbocycles. The van der Waals surface area contributed by atoms with Gasteiger partial charge in [-0.05, 0) is 44.9 Å². The Morgan fingerprint density at radius 2 is 1.86 bits per heavy atom. The molecule has 3 amide bonds. The van der Waals surface area contributed by atoms with Crippen LogP contribution in [0, 0.1) is 0 Å². The third-order valence-corrected chi connectivity index (χ3v) is 2.74. The maximum atomic E-state index is 11.7. The molecule has 1 rings (SSSR count). The number of hydrogen-bond acceptors (Lipinski definition) is 4. The molecule has 0 aromatic heterocycles. The standard InChI is InChI=1S/C15H23N3O3/c1-4-17-15(20)18-14(19)11(3)21-13-7-5-12(6-8-13)9-10(2)16/h5-8,10-11H,4,9,16H2,1-3H3,(H2,17,18,19,20). The van der Waals surface area contributed by atoms with Crippen LogP contribution in [0.1, 0.15) is 26.3 Å². The highest BCUT2D eigenvalue weighted by atomic mass is 16.5. The van der Waals surface area contributed by atoms with Gasteiger partial charge in [0.15, 0.2) is 6.10 Å². The van der Waals surface area contributed by atoms with Crippen LogP contribution in [0.4, 0.5) is 4.79 Å². The van der Waals surface area contributed by atoms with Crippen molar-refractivity contribution in [3.63, 3.8) is 0 Å². The summed E-state index contributed by atoms with van der Waals surface area (Å²) in [7, 11) is 0. The highest BCUT2D eigenvalue weighted by molar-refractivity contribution is 5.96. The Labute approximate surface area is 125 Å². The first kappa shape index (κ1) is 17.0. The molecule has 4 N–H and O–H groups in total. The van der Waals surface area contributed by atoms with Gasteiger partial charge >= 0.3 is 6.03 Å². The molecule has 0 aliphatic heterocycles. The molecule has 0 aliphatic rings. The minimum atomic E-state index is -0.758. The van der Waals surface area contributed by atoms with E-state index in [9.17, 15) is 9.59 Å². The predicted molar refractivity (Wildman–Crippen MR) is 81.1 cm³/mol. The zero-order valence-corrected chi connectivity index (χ0v) is 12.7. The Bertz CT molecular complexity index is 472. The number of hydrogen-bond donors (Lipinski definition) is 3. The molecule has 0 fully saturated rings. The van der Waals surface area contributed by atoms with Crippen LogP contribution >= 0.6 is 0 Å². The van der Waals surface area contributed by atoms with Crippen LogP contribution in [0.2, 0.25) is 0 Å². The smallest absolute Gasteiger partial charge is 0.321 e. The van der Waals surface area contributed by atoms with E-state index in [4.69, 9.17) is 10.5 Å². The van der Waals surface area contributed by atoms with E-state index in [1.54, 1.807) is 26.0 Å². The number of ether oxygens (including phenoxy) is 1. The van der Waals surface area contributed by atoms with Crippen LogP contribution in [0.25, 0.3) is 0 Å². The largest absolute Gasteiger partial charge is 0.481 e. The molecule has 0 heterocycles. The molecule has 6 heteroatoms. The summed E-state index contributed by atoms with van der Waals surface area (Å²) in [4.78, 5) is 23.0. The zero-order valence-electron chi connectivity index (χ0n) is 12.7. The molecule has 2 unspecified atom stereocenters. The van der Waals surface area contributed by atoms with Crippen molar-refractivity contribution in [2.45, 2.75) is 39.3 Å². The number of nitrogens with two attached hydrogens (primary N) is 1. The van der Waals surface area contributed by atoms with E-state index in [0.717, 1.165) is 12.0 Å². The number of carbonyl (C=O) groups is 2. The SMILES string of the molecule is CCNC(=O)NC(=O)C(C)Oc1ccc(CC(C)N)cc1. The normalized spacial score (nSPS) is 13.1. The molecular weight excluding hydrogens is 270 g/mol. The van der Waals surface area contributed by atoms with E-state index >= 15 is 0 Å². The fraction of sp³-hybridized carbons (Fsp3) is 0.467. The van der Waals surface area contributed by atoms with E-state index in [1.807, 2.05) is 19.1 Å². The molecule has 1 aromatic carbocycles. The zero-order chi connectivity index (χ0) is 15.8. The summed E-state index contributed by atoms with van der Waals surface area (Å²) in [6, 6.07) is 6.96. The van der Waals surface area contributed by atoms with Crippen LogP contribution in [-0.4, -0.2) is 30.6 Å². The van der Waals surface area contributed by atoms with Gasteiger partial charge in [0.05, 0.1) is 0 Å². The Morgan fingerprint density at radius 3 is 2.38 bits per heavy atom. The molecule has 116 valence electrons. The first-order chi connectivity index (χ1) is 9.92. The van der Waals surface area contributed by atoms with Gasteiger partial charge in [0, 0.05) is 12.6 Å². The Hall–Kier alpha value is -2.08. The van der Waals surface area contributed by atoms with E-state index in [1.165, 1.54) is 0 Å². The van der Waals surface area contributed by atoms with Gasteiger partial charge in [0.1, 0.15) is 5.75 Å². The van der Waals surface area contributed by atoms with E-state index in [2.05, 4.69) is 10.6 Å². The van der Waals surface area contributed by atoms with Gasteiger partial charge in [-0.25, -0.2) is 4.79 Å². The number of urea groups is 1. The van der Waals surface area contributed by atoms with Crippen molar-refractivity contribution in [3.8, 4) is 5.75 Å². The van der Waals surface area contributed by atoms with Crippen molar-refractivity contribution in [1.82, 2.24) is 10.6 Å². The fourth-order valence-electron chi connectivity index (χ4n) is 1.75. The minimum Gasteiger partial charge on any atom is -0.481 e. The predicted octanol–water partition coefficient (Wildman–Crippen LogP) is 1.19. The Kier molecular flexibility index (Phi) is 6.68. The maximum absolute atomic E-state index is 11.7. The fourth-order valence-corrected chi connectivity index (χ4v) is 1.75. The molecule has 0 bridgehead atoms. The highest BCUT2D eigenvalue weighted by Gasteiger charge is 2.17. The molecular formula is C15H23N3O3. The molecule has 21 heavy (non-hydrogen) atoms. The Morgan fingerprint density at radius 1 is 1.24 bits per heavy atom. The number of benzene rings is 1. The summed E-state index contributed by atoms with van der Waals surface area (Å²) < 4.78 is 5.49. The molecule has 2 atom stereocenters. The van der Waals surface area contributed by atoms with E-state index < -0.39 is 18.0 Å². The van der Waals surface area contributed by atoms with Crippen molar-refractivity contribution >= 4 is 11.9 Å². The lowest BCUT2D eigenvalue weighted by Gasteiger charge is -2.14. The molecule has 0 spiro atoms. The van der Waals surface area contributed by atoms with Crippen molar-refractivity contribution in [2.75, 3.05) is 6.54 Å². The van der Waals surface area contributed by atoms with Gasteiger partial charge in [-0.3, -0.25) is 10.1 Å². The quantitative estimate of drug-likeness (QED) is 0.734. The molecule has 0 saturated heterocycles. The maximum Gasteiger partial charge on any atom is 0.321 e. The van der Waals surface area contributed by atoms with Gasteiger partial charge in [-0.15, -0.1) is 0 Å². The van der Waals surface area contributed by atoms with Gasteiger partial charge in [-0.2, -0.15) is 0 Å². The van der Waals surface area contributed by atoms with Gasteiger partial charge < -0.3 is 15.8 Å². The second-order valence-electron chi connectivity index (χ2n) is 4.93. The summed E-state index contributed by atoms with van der Waals surface area (Å²) in [5.74, 6) is 0.0857. The molecule has 6 nitrogen and oxygen atoms in total. The van der Waals surface area contributed by atoms with Crippen LogP contribution in [0.5, 0.6) is 5.75 Å². The second-order valence-corrected chi connectivity index (χ2v) is 4.93. The van der Waals surface area contributed by atoms with E-state index in [-0.39, 0.29) is 6.04 Å². The highest BCUT2D eigenvalue weighted by Crippen LogP contribution is 2.14. The van der Waals surface area contributed by atoms with Crippen molar-refractivity contribution in [1.29, 1.82) is 0 Å². The molecule has 1 aromatic rings. The number of amides is 3. The average molecular weight is 293 g/mol. The van der Waals surface area contributed by atoms with Gasteiger partial charge in [-0.1, -0.05) is 12.1 Å². The first-order valence-electron chi connectivity index (χ1n) is 7.02. The number of imide groups is 1. The lowest BCUT2D eigenvalue weighted by molar-refractivity contribution is -0.126. The van der Waals surface area contributed by atoms with E-state index in [0.29, 0.717) is 12.3 Å². The number of carbonyl (C=O) groups excluding carboxylic acids is 2. The van der Waals surface area contributed by atoms with Gasteiger partial charge in [0.2, 0.25) is 0 Å². The lowest BCUT2D eigenvalue weighted by Crippen LogP contribution is -2.45. The topological polar surface area (TPSA) is 93.5 Å². The lowest BCUT2D eigenvalue weighted by atomic mass is 10.1. The van der Waals surface area contributed by atoms with Crippen LogP contribution in [0.15, 0.2) is 24.3 Å². The third kappa shape index (κ3) is 6.27. The summed E-state index contributed by atoms with van der Waals surface area (Å²) in [5, 5.41) is 4.69. The molecule has 0 saturated carbocycles. The molecule has 0 radical (unpaired) electrons. The average Bonchev–Trinajstić information content (AvgIpc) is 2.40. The number of rotatable bonds is 6. The Balaban J connectivity index is 2.52. The number of nitrogens with one attached hydrogen (secondary N) is 2. The first-order valence-corrected chi connectivity index (χ1v) is 7.02. The van der Waals surface area contributed by atoms with Crippen molar-refractivity contribution in [3.05, 3.63) is 29.8 Å². The van der Waals surface area contributed by atoms with Crippen LogP contribution in [-0.2, 0) is 11.2 Å². The summed E-state index contributed by atoms with van der Waals surface area (Å²) in [5.41, 5.74) is 6.84. The van der Waals surface area contributed by atoms with Gasteiger partial charge in [0.25, 0.3) is 5.91 Å². The van der Waals surface area contributed by atoms with Crippen LogP contribution < -0.4 is 21.1 Å². The minimum absolute atomic E-state index is 0.0959.